The Bertz CT molecular complexity index is 347. The van der Waals surface area contributed by atoms with Crippen LogP contribution in [0.3, 0.4) is 0 Å². The van der Waals surface area contributed by atoms with Crippen molar-refractivity contribution in [3.8, 4) is 0 Å². The first-order chi connectivity index (χ1) is 6.63. The van der Waals surface area contributed by atoms with Crippen molar-refractivity contribution in [1.29, 1.82) is 0 Å². The van der Waals surface area contributed by atoms with E-state index in [-0.39, 0.29) is 5.57 Å². The third-order valence-electron chi connectivity index (χ3n) is 1.55. The van der Waals surface area contributed by atoms with Crippen molar-refractivity contribution in [3.63, 3.8) is 0 Å². The second-order valence-corrected chi connectivity index (χ2v) is 2.68. The molecule has 74 valence electrons. The predicted molar refractivity (Wildman–Crippen MR) is 49.3 cm³/mol. The maximum atomic E-state index is 11.1. The third-order valence-corrected chi connectivity index (χ3v) is 1.55. The number of cyclic esters (lactones) is 1. The van der Waals surface area contributed by atoms with Crippen molar-refractivity contribution < 1.29 is 19.4 Å². The van der Waals surface area contributed by atoms with Gasteiger partial charge in [-0.3, -0.25) is 0 Å². The molecule has 0 aliphatic carbocycles. The Morgan fingerprint density at radius 2 is 2.36 bits per heavy atom. The van der Waals surface area contributed by atoms with Gasteiger partial charge < -0.3 is 9.84 Å². The van der Waals surface area contributed by atoms with Crippen LogP contribution in [0.15, 0.2) is 35.6 Å². The highest BCUT2D eigenvalue weighted by molar-refractivity contribution is 5.97. The van der Waals surface area contributed by atoms with E-state index in [0.29, 0.717) is 5.76 Å². The molecule has 0 atom stereocenters. The van der Waals surface area contributed by atoms with Crippen molar-refractivity contribution >= 4 is 11.9 Å². The maximum absolute atomic E-state index is 11.1. The number of carboxylic acids is 1. The molecule has 4 heteroatoms. The first-order valence-corrected chi connectivity index (χ1v) is 4.18. The zero-order valence-electron chi connectivity index (χ0n) is 7.69. The fourth-order valence-electron chi connectivity index (χ4n) is 0.987. The monoisotopic (exact) mass is 194 g/mol. The summed E-state index contributed by atoms with van der Waals surface area (Å²) in [5, 5.41) is 8.35. The van der Waals surface area contributed by atoms with E-state index < -0.39 is 11.9 Å². The highest BCUT2D eigenvalue weighted by atomic mass is 16.5. The van der Waals surface area contributed by atoms with Gasteiger partial charge in [0.05, 0.1) is 5.57 Å². The summed E-state index contributed by atoms with van der Waals surface area (Å²) in [5.41, 5.74) is 0.257. The summed E-state index contributed by atoms with van der Waals surface area (Å²) >= 11 is 0. The number of carboxylic acid groups (broad SMARTS) is 1. The molecule has 14 heavy (non-hydrogen) atoms. The molecule has 0 bridgehead atoms. The molecule has 1 heterocycles. The number of hydrogen-bond donors (Lipinski definition) is 1. The second kappa shape index (κ2) is 4.41. The van der Waals surface area contributed by atoms with Gasteiger partial charge in [-0.05, 0) is 24.6 Å². The minimum Gasteiger partial charge on any atom is -0.478 e. The molecule has 0 radical (unpaired) electrons. The van der Waals surface area contributed by atoms with Crippen molar-refractivity contribution in [2.24, 2.45) is 0 Å². The van der Waals surface area contributed by atoms with Gasteiger partial charge in [0.2, 0.25) is 0 Å². The van der Waals surface area contributed by atoms with Gasteiger partial charge in [0.15, 0.2) is 0 Å². The van der Waals surface area contributed by atoms with E-state index in [1.54, 1.807) is 6.08 Å². The smallest absolute Gasteiger partial charge is 0.343 e. The van der Waals surface area contributed by atoms with Crippen molar-refractivity contribution in [3.05, 3.63) is 35.6 Å². The average molecular weight is 194 g/mol. The van der Waals surface area contributed by atoms with Gasteiger partial charge in [-0.1, -0.05) is 6.92 Å². The first-order valence-electron chi connectivity index (χ1n) is 4.18. The summed E-state index contributed by atoms with van der Waals surface area (Å²) in [6.07, 6.45) is 6.16. The van der Waals surface area contributed by atoms with Gasteiger partial charge in [0, 0.05) is 6.08 Å². The van der Waals surface area contributed by atoms with E-state index in [1.807, 2.05) is 6.92 Å². The van der Waals surface area contributed by atoms with E-state index in [1.165, 1.54) is 12.2 Å². The number of ether oxygens (including phenoxy) is 1. The molecule has 1 rings (SSSR count). The molecule has 0 aromatic carbocycles. The SMILES string of the molecule is CC/C=C1C=C(/C=C/C(=O)O)C(=O)O/1. The Kier molecular flexibility index (Phi) is 3.23. The minimum absolute atomic E-state index is 0.257. The molecule has 0 saturated heterocycles. The lowest BCUT2D eigenvalue weighted by Gasteiger charge is -1.92. The lowest BCUT2D eigenvalue weighted by molar-refractivity contribution is -0.133. The van der Waals surface area contributed by atoms with Gasteiger partial charge in [-0.2, -0.15) is 0 Å². The van der Waals surface area contributed by atoms with E-state index in [4.69, 9.17) is 9.84 Å². The third kappa shape index (κ3) is 2.58. The molecule has 1 N–H and O–H groups in total. The minimum atomic E-state index is -1.09. The predicted octanol–water partition coefficient (Wildman–Crippen LogP) is 1.40. The van der Waals surface area contributed by atoms with Crippen LogP contribution in [0.2, 0.25) is 0 Å². The molecule has 0 fully saturated rings. The van der Waals surface area contributed by atoms with Crippen LogP contribution in [-0.4, -0.2) is 17.0 Å². The lowest BCUT2D eigenvalue weighted by atomic mass is 10.2. The van der Waals surface area contributed by atoms with Crippen molar-refractivity contribution in [1.82, 2.24) is 0 Å². The number of allylic oxidation sites excluding steroid dienone is 2. The molecule has 1 aliphatic rings. The number of carbonyl (C=O) groups excluding carboxylic acids is 1. The Balaban J connectivity index is 2.79. The fraction of sp³-hybridized carbons (Fsp3) is 0.200. The van der Waals surface area contributed by atoms with Gasteiger partial charge in [0.1, 0.15) is 5.76 Å². The largest absolute Gasteiger partial charge is 0.478 e. The Hall–Kier alpha value is -1.84. The van der Waals surface area contributed by atoms with Crippen LogP contribution in [0.1, 0.15) is 13.3 Å². The standard InChI is InChI=1S/C10H10O4/c1-2-3-8-6-7(10(13)14-8)4-5-9(11)12/h3-6H,2H2,1H3,(H,11,12)/b5-4+,8-3-. The topological polar surface area (TPSA) is 63.6 Å². The van der Waals surface area contributed by atoms with Crippen LogP contribution in [0.4, 0.5) is 0 Å². The van der Waals surface area contributed by atoms with E-state index in [9.17, 15) is 9.59 Å². The van der Waals surface area contributed by atoms with Crippen LogP contribution < -0.4 is 0 Å². The highest BCUT2D eigenvalue weighted by Gasteiger charge is 2.18. The van der Waals surface area contributed by atoms with Crippen LogP contribution in [0, 0.1) is 0 Å². The average Bonchev–Trinajstić information content (AvgIpc) is 2.44. The van der Waals surface area contributed by atoms with Gasteiger partial charge in [-0.25, -0.2) is 9.59 Å². The molecule has 0 spiro atoms. The van der Waals surface area contributed by atoms with Gasteiger partial charge in [0.25, 0.3) is 0 Å². The zero-order valence-corrected chi connectivity index (χ0v) is 7.69. The normalized spacial score (nSPS) is 18.8. The zero-order chi connectivity index (χ0) is 10.6. The Labute approximate surface area is 81.2 Å². The molecule has 0 unspecified atom stereocenters. The van der Waals surface area contributed by atoms with Crippen LogP contribution in [0.5, 0.6) is 0 Å². The lowest BCUT2D eigenvalue weighted by Crippen LogP contribution is -1.97. The molecular weight excluding hydrogens is 184 g/mol. The summed E-state index contributed by atoms with van der Waals surface area (Å²) in [5.74, 6) is -1.13. The number of carbonyl (C=O) groups is 2. The Morgan fingerprint density at radius 3 is 2.93 bits per heavy atom. The summed E-state index contributed by atoms with van der Waals surface area (Å²) in [6.45, 7) is 1.92. The van der Waals surface area contributed by atoms with E-state index >= 15 is 0 Å². The van der Waals surface area contributed by atoms with Crippen molar-refractivity contribution in [2.75, 3.05) is 0 Å². The molecule has 1 aliphatic heterocycles. The molecule has 0 saturated carbocycles. The number of rotatable bonds is 3. The van der Waals surface area contributed by atoms with Crippen LogP contribution >= 0.6 is 0 Å². The summed E-state index contributed by atoms with van der Waals surface area (Å²) in [4.78, 5) is 21.3. The van der Waals surface area contributed by atoms with Crippen LogP contribution in [0.25, 0.3) is 0 Å². The summed E-state index contributed by atoms with van der Waals surface area (Å²) < 4.78 is 4.83. The summed E-state index contributed by atoms with van der Waals surface area (Å²) in [6, 6.07) is 0. The fourth-order valence-corrected chi connectivity index (χ4v) is 0.987. The summed E-state index contributed by atoms with van der Waals surface area (Å²) in [7, 11) is 0. The highest BCUT2D eigenvalue weighted by Crippen LogP contribution is 2.18. The number of hydrogen-bond acceptors (Lipinski definition) is 3. The molecular formula is C10H10O4. The molecule has 0 amide bonds. The number of aliphatic carboxylic acids is 1. The number of esters is 1. The van der Waals surface area contributed by atoms with Crippen LogP contribution in [-0.2, 0) is 14.3 Å². The molecule has 0 aromatic heterocycles. The Morgan fingerprint density at radius 1 is 1.64 bits per heavy atom. The quantitative estimate of drug-likeness (QED) is 0.545. The first kappa shape index (κ1) is 10.2. The van der Waals surface area contributed by atoms with Gasteiger partial charge >= 0.3 is 11.9 Å². The maximum Gasteiger partial charge on any atom is 0.343 e. The molecule has 4 nitrogen and oxygen atoms in total. The van der Waals surface area contributed by atoms with E-state index in [0.717, 1.165) is 12.5 Å². The van der Waals surface area contributed by atoms with E-state index in [2.05, 4.69) is 0 Å². The van der Waals surface area contributed by atoms with Gasteiger partial charge in [-0.15, -0.1) is 0 Å². The molecule has 0 aromatic rings. The van der Waals surface area contributed by atoms with Crippen molar-refractivity contribution in [2.45, 2.75) is 13.3 Å². The second-order valence-electron chi connectivity index (χ2n) is 2.68.